The van der Waals surface area contributed by atoms with E-state index in [4.69, 9.17) is 0 Å². The zero-order valence-electron chi connectivity index (χ0n) is 15.3. The number of hydrogen-bond donors (Lipinski definition) is 2. The van der Waals surface area contributed by atoms with Crippen molar-refractivity contribution in [1.29, 1.82) is 0 Å². The first kappa shape index (κ1) is 18.6. The van der Waals surface area contributed by atoms with Crippen molar-refractivity contribution < 1.29 is 9.59 Å². The molecule has 1 heterocycles. The highest BCUT2D eigenvalue weighted by molar-refractivity contribution is 6.04. The molecule has 132 valence electrons. The van der Waals surface area contributed by atoms with Crippen LogP contribution in [0, 0.1) is 20.8 Å². The van der Waals surface area contributed by atoms with E-state index < -0.39 is 0 Å². The van der Waals surface area contributed by atoms with Gasteiger partial charge < -0.3 is 10.6 Å². The number of unbranched alkanes of at least 4 members (excludes halogenated alkanes) is 1. The minimum absolute atomic E-state index is 0.0166. The number of aromatic nitrogens is 1. The molecule has 0 bridgehead atoms. The van der Waals surface area contributed by atoms with Crippen LogP contribution in [0.1, 0.15) is 53.4 Å². The van der Waals surface area contributed by atoms with Crippen molar-refractivity contribution in [1.82, 2.24) is 4.98 Å². The molecule has 0 aliphatic rings. The monoisotopic (exact) mass is 339 g/mol. The van der Waals surface area contributed by atoms with E-state index in [9.17, 15) is 9.59 Å². The second kappa shape index (κ2) is 8.42. The van der Waals surface area contributed by atoms with Crippen molar-refractivity contribution in [2.75, 3.05) is 10.6 Å². The summed E-state index contributed by atoms with van der Waals surface area (Å²) < 4.78 is 0. The van der Waals surface area contributed by atoms with Crippen LogP contribution in [0.5, 0.6) is 0 Å². The van der Waals surface area contributed by atoms with Crippen LogP contribution < -0.4 is 10.6 Å². The fraction of sp³-hybridized carbons (Fsp3) is 0.350. The van der Waals surface area contributed by atoms with Crippen molar-refractivity contribution >= 4 is 23.2 Å². The first-order valence-corrected chi connectivity index (χ1v) is 8.55. The van der Waals surface area contributed by atoms with Gasteiger partial charge >= 0.3 is 0 Å². The van der Waals surface area contributed by atoms with Gasteiger partial charge in [0.15, 0.2) is 0 Å². The molecular weight excluding hydrogens is 314 g/mol. The normalized spacial score (nSPS) is 10.4. The molecular formula is C20H25N3O2. The second-order valence-electron chi connectivity index (χ2n) is 6.26. The van der Waals surface area contributed by atoms with E-state index in [1.807, 2.05) is 39.0 Å². The smallest absolute Gasteiger partial charge is 0.257 e. The van der Waals surface area contributed by atoms with Crippen LogP contribution in [0.2, 0.25) is 0 Å². The van der Waals surface area contributed by atoms with Crippen molar-refractivity contribution in [3.8, 4) is 0 Å². The molecule has 0 aliphatic carbocycles. The number of anilines is 2. The quantitative estimate of drug-likeness (QED) is 0.820. The van der Waals surface area contributed by atoms with Gasteiger partial charge in [-0.3, -0.25) is 14.6 Å². The van der Waals surface area contributed by atoms with Gasteiger partial charge in [-0.1, -0.05) is 13.3 Å². The van der Waals surface area contributed by atoms with Crippen molar-refractivity contribution in [3.05, 3.63) is 52.8 Å². The van der Waals surface area contributed by atoms with Crippen LogP contribution in [0.15, 0.2) is 30.5 Å². The number of hydrogen-bond acceptors (Lipinski definition) is 3. The standard InChI is InChI=1S/C20H25N3O2/c1-5-6-7-19(24)23-18-9-8-17(11-14(18)3)22-20(25)16-10-13(2)15(4)21-12-16/h8-12H,5-7H2,1-4H3,(H,22,25)(H,23,24). The third kappa shape index (κ3) is 5.14. The summed E-state index contributed by atoms with van der Waals surface area (Å²) in [6.45, 7) is 7.80. The van der Waals surface area contributed by atoms with E-state index in [1.54, 1.807) is 12.3 Å². The molecule has 2 aromatic rings. The van der Waals surface area contributed by atoms with E-state index in [0.29, 0.717) is 17.7 Å². The number of rotatable bonds is 6. The molecule has 0 atom stereocenters. The number of nitrogens with zero attached hydrogens (tertiary/aromatic N) is 1. The lowest BCUT2D eigenvalue weighted by atomic mass is 10.1. The fourth-order valence-electron chi connectivity index (χ4n) is 2.40. The summed E-state index contributed by atoms with van der Waals surface area (Å²) in [5.41, 5.74) is 4.78. The minimum atomic E-state index is -0.199. The molecule has 0 saturated carbocycles. The number of nitrogens with one attached hydrogen (secondary N) is 2. The van der Waals surface area contributed by atoms with Gasteiger partial charge in [-0.2, -0.15) is 0 Å². The zero-order chi connectivity index (χ0) is 18.4. The van der Waals surface area contributed by atoms with E-state index in [1.165, 1.54) is 0 Å². The number of carbonyl (C=O) groups is 2. The van der Waals surface area contributed by atoms with E-state index >= 15 is 0 Å². The summed E-state index contributed by atoms with van der Waals surface area (Å²) in [6, 6.07) is 7.27. The first-order valence-electron chi connectivity index (χ1n) is 8.55. The number of benzene rings is 1. The van der Waals surface area contributed by atoms with Gasteiger partial charge in [-0.25, -0.2) is 0 Å². The number of aryl methyl sites for hydroxylation is 3. The second-order valence-corrected chi connectivity index (χ2v) is 6.26. The first-order chi connectivity index (χ1) is 11.9. The van der Waals surface area contributed by atoms with Gasteiger partial charge in [0.25, 0.3) is 5.91 Å². The average Bonchev–Trinajstić information content (AvgIpc) is 2.57. The highest BCUT2D eigenvalue weighted by Gasteiger charge is 2.10. The van der Waals surface area contributed by atoms with Gasteiger partial charge in [-0.15, -0.1) is 0 Å². The highest BCUT2D eigenvalue weighted by Crippen LogP contribution is 2.21. The third-order valence-electron chi connectivity index (χ3n) is 4.12. The largest absolute Gasteiger partial charge is 0.326 e. The van der Waals surface area contributed by atoms with Gasteiger partial charge in [0.2, 0.25) is 5.91 Å². The molecule has 5 nitrogen and oxygen atoms in total. The average molecular weight is 339 g/mol. The number of pyridine rings is 1. The predicted molar refractivity (Wildman–Crippen MR) is 101 cm³/mol. The zero-order valence-corrected chi connectivity index (χ0v) is 15.3. The Bertz CT molecular complexity index is 785. The Labute approximate surface area is 148 Å². The van der Waals surface area contributed by atoms with Gasteiger partial charge in [0, 0.05) is 29.7 Å². The summed E-state index contributed by atoms with van der Waals surface area (Å²) in [5, 5.41) is 5.78. The van der Waals surface area contributed by atoms with Gasteiger partial charge in [0.1, 0.15) is 0 Å². The molecule has 2 rings (SSSR count). The highest BCUT2D eigenvalue weighted by atomic mass is 16.2. The lowest BCUT2D eigenvalue weighted by molar-refractivity contribution is -0.116. The topological polar surface area (TPSA) is 71.1 Å². The van der Waals surface area contributed by atoms with E-state index in [0.717, 1.165) is 35.3 Å². The third-order valence-corrected chi connectivity index (χ3v) is 4.12. The van der Waals surface area contributed by atoms with Gasteiger partial charge in [0.05, 0.1) is 5.56 Å². The molecule has 0 radical (unpaired) electrons. The van der Waals surface area contributed by atoms with Crippen LogP contribution >= 0.6 is 0 Å². The summed E-state index contributed by atoms with van der Waals surface area (Å²) in [5.74, 6) is -0.183. The molecule has 0 saturated heterocycles. The number of amides is 2. The molecule has 0 aliphatic heterocycles. The Morgan fingerprint density at radius 2 is 1.80 bits per heavy atom. The maximum Gasteiger partial charge on any atom is 0.257 e. The molecule has 25 heavy (non-hydrogen) atoms. The lowest BCUT2D eigenvalue weighted by Gasteiger charge is -2.11. The molecule has 0 unspecified atom stereocenters. The SMILES string of the molecule is CCCCC(=O)Nc1ccc(NC(=O)c2cnc(C)c(C)c2)cc1C. The maximum absolute atomic E-state index is 12.3. The van der Waals surface area contributed by atoms with Crippen LogP contribution in [0.4, 0.5) is 11.4 Å². The molecule has 5 heteroatoms. The van der Waals surface area contributed by atoms with Crippen LogP contribution in [0.3, 0.4) is 0 Å². The van der Waals surface area contributed by atoms with E-state index in [-0.39, 0.29) is 11.8 Å². The Balaban J connectivity index is 2.05. The predicted octanol–water partition coefficient (Wildman–Crippen LogP) is 4.39. The summed E-state index contributed by atoms with van der Waals surface area (Å²) >= 11 is 0. The maximum atomic E-state index is 12.3. The number of carbonyl (C=O) groups excluding carboxylic acids is 2. The van der Waals surface area contributed by atoms with Crippen LogP contribution in [-0.4, -0.2) is 16.8 Å². The Morgan fingerprint density at radius 1 is 1.04 bits per heavy atom. The molecule has 0 spiro atoms. The summed E-state index contributed by atoms with van der Waals surface area (Å²) in [4.78, 5) is 28.4. The fourth-order valence-corrected chi connectivity index (χ4v) is 2.40. The van der Waals surface area contributed by atoms with Gasteiger partial charge in [-0.05, 0) is 62.6 Å². The van der Waals surface area contributed by atoms with Crippen molar-refractivity contribution in [2.45, 2.75) is 47.0 Å². The summed E-state index contributed by atoms with van der Waals surface area (Å²) in [6.07, 6.45) is 3.97. The summed E-state index contributed by atoms with van der Waals surface area (Å²) in [7, 11) is 0. The minimum Gasteiger partial charge on any atom is -0.326 e. The van der Waals surface area contributed by atoms with E-state index in [2.05, 4.69) is 22.5 Å². The Morgan fingerprint density at radius 3 is 2.44 bits per heavy atom. The Hall–Kier alpha value is -2.69. The molecule has 0 fully saturated rings. The van der Waals surface area contributed by atoms with Crippen LogP contribution in [-0.2, 0) is 4.79 Å². The Kier molecular flexibility index (Phi) is 6.28. The van der Waals surface area contributed by atoms with Crippen molar-refractivity contribution in [2.24, 2.45) is 0 Å². The molecule has 2 amide bonds. The lowest BCUT2D eigenvalue weighted by Crippen LogP contribution is -2.14. The van der Waals surface area contributed by atoms with Crippen LogP contribution in [0.25, 0.3) is 0 Å². The molecule has 1 aromatic carbocycles. The molecule has 1 aromatic heterocycles. The van der Waals surface area contributed by atoms with Crippen molar-refractivity contribution in [3.63, 3.8) is 0 Å². The molecule has 2 N–H and O–H groups in total.